The van der Waals surface area contributed by atoms with Crippen LogP contribution in [-0.2, 0) is 6.18 Å². The standard InChI is InChI=1S/C20H20F4N4O/c1-11(2)19(14-6-5-13(7-15(14)21)20(22,23)24)28-9-17(25-10-28)16-8-18(29-4)27-12(3)26-16/h5-11,19H,1-4H3. The third kappa shape index (κ3) is 4.38. The molecule has 0 saturated carbocycles. The van der Waals surface area contributed by atoms with Crippen LogP contribution in [0.5, 0.6) is 5.88 Å². The fraction of sp³-hybridized carbons (Fsp3) is 0.350. The predicted octanol–water partition coefficient (Wildman–Crippen LogP) is 5.06. The smallest absolute Gasteiger partial charge is 0.416 e. The second-order valence-electron chi connectivity index (χ2n) is 6.97. The summed E-state index contributed by atoms with van der Waals surface area (Å²) in [6.07, 6.45) is -1.40. The summed E-state index contributed by atoms with van der Waals surface area (Å²) in [7, 11) is 1.49. The summed E-state index contributed by atoms with van der Waals surface area (Å²) >= 11 is 0. The van der Waals surface area contributed by atoms with Gasteiger partial charge in [0.05, 0.1) is 30.7 Å². The molecule has 29 heavy (non-hydrogen) atoms. The zero-order valence-corrected chi connectivity index (χ0v) is 16.3. The van der Waals surface area contributed by atoms with Crippen LogP contribution in [0.25, 0.3) is 11.4 Å². The van der Waals surface area contributed by atoms with Crippen LogP contribution in [0.4, 0.5) is 17.6 Å². The maximum Gasteiger partial charge on any atom is 0.416 e. The lowest BCUT2D eigenvalue weighted by molar-refractivity contribution is -0.137. The number of hydrogen-bond acceptors (Lipinski definition) is 4. The van der Waals surface area contributed by atoms with Gasteiger partial charge in [0.1, 0.15) is 17.3 Å². The molecule has 154 valence electrons. The Bertz CT molecular complexity index is 1010. The summed E-state index contributed by atoms with van der Waals surface area (Å²) in [6, 6.07) is 3.69. The van der Waals surface area contributed by atoms with Crippen molar-refractivity contribution < 1.29 is 22.3 Å². The largest absolute Gasteiger partial charge is 0.481 e. The van der Waals surface area contributed by atoms with Crippen LogP contribution >= 0.6 is 0 Å². The normalized spacial score (nSPS) is 13.0. The van der Waals surface area contributed by atoms with E-state index >= 15 is 0 Å². The molecule has 0 aliphatic carbocycles. The zero-order chi connectivity index (χ0) is 21.3. The Labute approximate surface area is 165 Å². The molecule has 2 heterocycles. The highest BCUT2D eigenvalue weighted by molar-refractivity contribution is 5.54. The van der Waals surface area contributed by atoms with Crippen LogP contribution in [0.1, 0.15) is 36.8 Å². The van der Waals surface area contributed by atoms with Crippen molar-refractivity contribution in [2.75, 3.05) is 7.11 Å². The van der Waals surface area contributed by atoms with Gasteiger partial charge in [0.15, 0.2) is 0 Å². The lowest BCUT2D eigenvalue weighted by atomic mass is 9.94. The fourth-order valence-electron chi connectivity index (χ4n) is 3.20. The Kier molecular flexibility index (Phi) is 5.59. The Hall–Kier alpha value is -2.97. The second-order valence-corrected chi connectivity index (χ2v) is 6.97. The van der Waals surface area contributed by atoms with E-state index in [1.54, 1.807) is 23.8 Å². The van der Waals surface area contributed by atoms with Crippen molar-refractivity contribution >= 4 is 0 Å². The van der Waals surface area contributed by atoms with Gasteiger partial charge in [0.2, 0.25) is 5.88 Å². The Morgan fingerprint density at radius 2 is 1.79 bits per heavy atom. The lowest BCUT2D eigenvalue weighted by Gasteiger charge is -2.24. The van der Waals surface area contributed by atoms with Crippen molar-refractivity contribution in [3.8, 4) is 17.3 Å². The van der Waals surface area contributed by atoms with Gasteiger partial charge < -0.3 is 9.30 Å². The molecule has 0 spiro atoms. The van der Waals surface area contributed by atoms with Crippen molar-refractivity contribution in [3.05, 3.63) is 59.6 Å². The molecule has 0 fully saturated rings. The lowest BCUT2D eigenvalue weighted by Crippen LogP contribution is -2.17. The van der Waals surface area contributed by atoms with Gasteiger partial charge in [-0.1, -0.05) is 19.9 Å². The number of alkyl halides is 3. The van der Waals surface area contributed by atoms with Crippen LogP contribution in [0.2, 0.25) is 0 Å². The summed E-state index contributed by atoms with van der Waals surface area (Å²) in [5, 5.41) is 0. The molecule has 9 heteroatoms. The Morgan fingerprint density at radius 3 is 2.38 bits per heavy atom. The number of halogens is 4. The van der Waals surface area contributed by atoms with Crippen LogP contribution in [0.3, 0.4) is 0 Å². The number of benzene rings is 1. The molecule has 0 bridgehead atoms. The number of hydrogen-bond donors (Lipinski definition) is 0. The molecule has 1 aromatic carbocycles. The van der Waals surface area contributed by atoms with Gasteiger partial charge in [-0.25, -0.2) is 14.4 Å². The van der Waals surface area contributed by atoms with Crippen LogP contribution in [-0.4, -0.2) is 26.6 Å². The first kappa shape index (κ1) is 20.8. The number of nitrogens with zero attached hydrogens (tertiary/aromatic N) is 4. The Morgan fingerprint density at radius 1 is 1.07 bits per heavy atom. The van der Waals surface area contributed by atoms with Gasteiger partial charge >= 0.3 is 6.18 Å². The van der Waals surface area contributed by atoms with E-state index in [0.717, 1.165) is 6.07 Å². The first-order valence-corrected chi connectivity index (χ1v) is 8.90. The second kappa shape index (κ2) is 7.81. The Balaban J connectivity index is 2.01. The molecule has 3 rings (SSSR count). The average molecular weight is 408 g/mol. The number of methoxy groups -OCH3 is 1. The van der Waals surface area contributed by atoms with E-state index in [4.69, 9.17) is 4.74 Å². The molecule has 0 aliphatic rings. The highest BCUT2D eigenvalue weighted by atomic mass is 19.4. The highest BCUT2D eigenvalue weighted by Gasteiger charge is 2.32. The maximum atomic E-state index is 14.6. The molecular formula is C20H20F4N4O. The fourth-order valence-corrected chi connectivity index (χ4v) is 3.20. The van der Waals surface area contributed by atoms with Crippen molar-refractivity contribution in [3.63, 3.8) is 0 Å². The summed E-state index contributed by atoms with van der Waals surface area (Å²) in [4.78, 5) is 12.8. The number of imidazole rings is 1. The molecule has 0 aliphatic heterocycles. The summed E-state index contributed by atoms with van der Waals surface area (Å²) in [6.45, 7) is 5.44. The maximum absolute atomic E-state index is 14.6. The van der Waals surface area contributed by atoms with E-state index in [1.165, 1.54) is 19.5 Å². The van der Waals surface area contributed by atoms with E-state index in [9.17, 15) is 17.6 Å². The number of ether oxygens (including phenoxy) is 1. The summed E-state index contributed by atoms with van der Waals surface area (Å²) < 4.78 is 60.0. The van der Waals surface area contributed by atoms with Gasteiger partial charge in [-0.2, -0.15) is 18.2 Å². The van der Waals surface area contributed by atoms with Crippen molar-refractivity contribution in [2.24, 2.45) is 5.92 Å². The topological polar surface area (TPSA) is 52.8 Å². The van der Waals surface area contributed by atoms with Crippen molar-refractivity contribution in [1.29, 1.82) is 0 Å². The van der Waals surface area contributed by atoms with E-state index < -0.39 is 23.6 Å². The van der Waals surface area contributed by atoms with Gasteiger partial charge in [0, 0.05) is 17.8 Å². The molecule has 0 saturated heterocycles. The van der Waals surface area contributed by atoms with E-state index in [1.807, 2.05) is 13.8 Å². The molecule has 3 aromatic rings. The third-order valence-electron chi connectivity index (χ3n) is 4.49. The number of rotatable bonds is 5. The molecular weight excluding hydrogens is 388 g/mol. The quantitative estimate of drug-likeness (QED) is 0.554. The summed E-state index contributed by atoms with van der Waals surface area (Å²) in [5.74, 6) is -0.127. The third-order valence-corrected chi connectivity index (χ3v) is 4.49. The number of aromatic nitrogens is 4. The molecule has 5 nitrogen and oxygen atoms in total. The molecule has 1 unspecified atom stereocenters. The summed E-state index contributed by atoms with van der Waals surface area (Å²) in [5.41, 5.74) is 0.194. The minimum Gasteiger partial charge on any atom is -0.481 e. The monoisotopic (exact) mass is 408 g/mol. The predicted molar refractivity (Wildman–Crippen MR) is 98.9 cm³/mol. The highest BCUT2D eigenvalue weighted by Crippen LogP contribution is 2.34. The molecule has 1 atom stereocenters. The SMILES string of the molecule is COc1cc(-c2cn(C(c3ccc(C(F)(F)F)cc3F)C(C)C)cn2)nc(C)n1. The average Bonchev–Trinajstić information content (AvgIpc) is 3.11. The minimum absolute atomic E-state index is 0.107. The molecule has 2 aromatic heterocycles. The van der Waals surface area contributed by atoms with E-state index in [2.05, 4.69) is 15.0 Å². The zero-order valence-electron chi connectivity index (χ0n) is 16.3. The van der Waals surface area contributed by atoms with Gasteiger partial charge in [-0.05, 0) is 25.0 Å². The van der Waals surface area contributed by atoms with E-state index in [-0.39, 0.29) is 11.5 Å². The minimum atomic E-state index is -4.60. The van der Waals surface area contributed by atoms with Crippen LogP contribution in [0, 0.1) is 18.7 Å². The first-order chi connectivity index (χ1) is 13.6. The number of aryl methyl sites for hydroxylation is 1. The van der Waals surface area contributed by atoms with Crippen LogP contribution in [0.15, 0.2) is 36.8 Å². The van der Waals surface area contributed by atoms with Crippen molar-refractivity contribution in [1.82, 2.24) is 19.5 Å². The first-order valence-electron chi connectivity index (χ1n) is 8.90. The molecule has 0 amide bonds. The van der Waals surface area contributed by atoms with Gasteiger partial charge in [0.25, 0.3) is 0 Å². The molecule has 0 radical (unpaired) electrons. The van der Waals surface area contributed by atoms with Crippen molar-refractivity contribution in [2.45, 2.75) is 33.0 Å². The molecule has 0 N–H and O–H groups in total. The van der Waals surface area contributed by atoms with Gasteiger partial charge in [-0.15, -0.1) is 0 Å². The van der Waals surface area contributed by atoms with Crippen LogP contribution < -0.4 is 4.74 Å². The van der Waals surface area contributed by atoms with Gasteiger partial charge in [-0.3, -0.25) is 0 Å². The van der Waals surface area contributed by atoms with E-state index in [0.29, 0.717) is 29.2 Å².